The van der Waals surface area contributed by atoms with Gasteiger partial charge in [-0.3, -0.25) is 4.79 Å². The van der Waals surface area contributed by atoms with E-state index in [1.165, 1.54) is 0 Å². The average molecular weight is 304 g/mol. The molecule has 0 aromatic carbocycles. The highest BCUT2D eigenvalue weighted by atomic mass is 35.5. The first-order valence-corrected chi connectivity index (χ1v) is 7.95. The second kappa shape index (κ2) is 12.0. The van der Waals surface area contributed by atoms with Crippen LogP contribution in [0.3, 0.4) is 0 Å². The van der Waals surface area contributed by atoms with Gasteiger partial charge in [0.1, 0.15) is 0 Å². The highest BCUT2D eigenvalue weighted by Crippen LogP contribution is 2.32. The van der Waals surface area contributed by atoms with Gasteiger partial charge >= 0.3 is 5.97 Å². The standard InChI is InChI=1S/C15H26ClNO3/c1-2-20-14(19)15(13-17,10-6-7-11-16)9-5-3-4-8-12-18/h18H,2-12H2,1H3. The Hall–Kier alpha value is -0.790. The molecule has 0 saturated heterocycles. The molecule has 4 nitrogen and oxygen atoms in total. The number of unbranched alkanes of at least 4 members (excludes halogenated alkanes) is 4. The van der Waals surface area contributed by atoms with Crippen LogP contribution < -0.4 is 0 Å². The fourth-order valence-electron chi connectivity index (χ4n) is 2.17. The molecular formula is C15H26ClNO3. The van der Waals surface area contributed by atoms with Crippen molar-refractivity contribution < 1.29 is 14.6 Å². The van der Waals surface area contributed by atoms with Crippen LogP contribution in [-0.2, 0) is 9.53 Å². The highest BCUT2D eigenvalue weighted by Gasteiger charge is 2.39. The maximum atomic E-state index is 12.1. The molecule has 0 radical (unpaired) electrons. The third-order valence-electron chi connectivity index (χ3n) is 3.38. The van der Waals surface area contributed by atoms with Crippen LogP contribution in [0.2, 0.25) is 0 Å². The molecule has 0 aromatic heterocycles. The molecule has 0 fully saturated rings. The fourth-order valence-corrected chi connectivity index (χ4v) is 2.36. The fraction of sp³-hybridized carbons (Fsp3) is 0.867. The number of carbonyl (C=O) groups excluding carboxylic acids is 1. The Bertz CT molecular complexity index is 304. The van der Waals surface area contributed by atoms with Crippen molar-refractivity contribution in [3.05, 3.63) is 0 Å². The van der Waals surface area contributed by atoms with E-state index in [2.05, 4.69) is 6.07 Å². The SMILES string of the molecule is CCOC(=O)C(C#N)(CCCCCl)CCCCCCO. The van der Waals surface area contributed by atoms with Crippen molar-refractivity contribution in [3.8, 4) is 6.07 Å². The van der Waals surface area contributed by atoms with Crippen LogP contribution in [0, 0.1) is 16.7 Å². The van der Waals surface area contributed by atoms with Gasteiger partial charge in [0, 0.05) is 12.5 Å². The first-order valence-electron chi connectivity index (χ1n) is 7.42. The van der Waals surface area contributed by atoms with Gasteiger partial charge in [-0.15, -0.1) is 11.6 Å². The number of carbonyl (C=O) groups is 1. The van der Waals surface area contributed by atoms with Crippen LogP contribution in [0.4, 0.5) is 0 Å². The molecule has 0 bridgehead atoms. The number of hydrogen-bond donors (Lipinski definition) is 1. The maximum absolute atomic E-state index is 12.1. The minimum atomic E-state index is -1.03. The molecule has 0 heterocycles. The minimum Gasteiger partial charge on any atom is -0.465 e. The molecule has 5 heteroatoms. The van der Waals surface area contributed by atoms with Gasteiger partial charge in [-0.1, -0.05) is 25.7 Å². The summed E-state index contributed by atoms with van der Waals surface area (Å²) >= 11 is 5.65. The predicted octanol–water partition coefficient (Wildman–Crippen LogP) is 3.41. The lowest BCUT2D eigenvalue weighted by Crippen LogP contribution is -2.32. The number of hydrogen-bond acceptors (Lipinski definition) is 4. The van der Waals surface area contributed by atoms with Crippen LogP contribution in [0.1, 0.15) is 58.3 Å². The summed E-state index contributed by atoms with van der Waals surface area (Å²) in [5, 5.41) is 18.2. The molecule has 0 spiro atoms. The van der Waals surface area contributed by atoms with Gasteiger partial charge in [-0.05, 0) is 32.6 Å². The van der Waals surface area contributed by atoms with Crippen molar-refractivity contribution in [2.75, 3.05) is 19.1 Å². The summed E-state index contributed by atoms with van der Waals surface area (Å²) in [4.78, 5) is 12.1. The number of rotatable bonds is 12. The van der Waals surface area contributed by atoms with E-state index in [9.17, 15) is 10.1 Å². The zero-order valence-electron chi connectivity index (χ0n) is 12.4. The summed E-state index contributed by atoms with van der Waals surface area (Å²) in [6.07, 6.45) is 5.99. The van der Waals surface area contributed by atoms with Crippen LogP contribution in [-0.4, -0.2) is 30.2 Å². The van der Waals surface area contributed by atoms with E-state index in [4.69, 9.17) is 21.4 Å². The molecule has 0 rings (SSSR count). The van der Waals surface area contributed by atoms with Crippen LogP contribution in [0.5, 0.6) is 0 Å². The quantitative estimate of drug-likeness (QED) is 0.341. The highest BCUT2D eigenvalue weighted by molar-refractivity contribution is 6.17. The molecule has 1 unspecified atom stereocenters. The Morgan fingerprint density at radius 2 is 1.80 bits per heavy atom. The number of aliphatic hydroxyl groups is 1. The Balaban J connectivity index is 4.49. The van der Waals surface area contributed by atoms with Gasteiger partial charge in [0.15, 0.2) is 5.41 Å². The number of esters is 1. The molecule has 20 heavy (non-hydrogen) atoms. The number of nitrogens with zero attached hydrogens (tertiary/aromatic N) is 1. The lowest BCUT2D eigenvalue weighted by atomic mass is 9.79. The van der Waals surface area contributed by atoms with E-state index in [1.807, 2.05) is 0 Å². The number of ether oxygens (including phenoxy) is 1. The van der Waals surface area contributed by atoms with Crippen molar-refractivity contribution in [1.82, 2.24) is 0 Å². The van der Waals surface area contributed by atoms with Crippen molar-refractivity contribution >= 4 is 17.6 Å². The van der Waals surface area contributed by atoms with E-state index in [1.54, 1.807) is 6.92 Å². The van der Waals surface area contributed by atoms with Crippen molar-refractivity contribution in [3.63, 3.8) is 0 Å². The van der Waals surface area contributed by atoms with E-state index in [0.717, 1.165) is 38.5 Å². The number of halogens is 1. The lowest BCUT2D eigenvalue weighted by molar-refractivity contribution is -0.152. The zero-order chi connectivity index (χ0) is 15.3. The Morgan fingerprint density at radius 3 is 2.30 bits per heavy atom. The molecule has 0 saturated carbocycles. The van der Waals surface area contributed by atoms with Gasteiger partial charge in [0.05, 0.1) is 12.7 Å². The van der Waals surface area contributed by atoms with E-state index in [0.29, 0.717) is 25.3 Å². The molecule has 0 aliphatic carbocycles. The molecule has 1 N–H and O–H groups in total. The summed E-state index contributed by atoms with van der Waals surface area (Å²) in [5.41, 5.74) is -1.03. The first kappa shape index (κ1) is 19.2. The minimum absolute atomic E-state index is 0.191. The van der Waals surface area contributed by atoms with Crippen molar-refractivity contribution in [1.29, 1.82) is 5.26 Å². The van der Waals surface area contributed by atoms with Crippen LogP contribution in [0.15, 0.2) is 0 Å². The van der Waals surface area contributed by atoms with E-state index >= 15 is 0 Å². The summed E-state index contributed by atoms with van der Waals surface area (Å²) in [7, 11) is 0. The smallest absolute Gasteiger partial charge is 0.326 e. The predicted molar refractivity (Wildman–Crippen MR) is 79.4 cm³/mol. The Kier molecular flexibility index (Phi) is 11.5. The van der Waals surface area contributed by atoms with Gasteiger partial charge in [0.25, 0.3) is 0 Å². The monoisotopic (exact) mass is 303 g/mol. The summed E-state index contributed by atoms with van der Waals surface area (Å²) in [6, 6.07) is 2.18. The molecule has 0 aliphatic heterocycles. The van der Waals surface area contributed by atoms with E-state index in [-0.39, 0.29) is 6.61 Å². The van der Waals surface area contributed by atoms with Crippen molar-refractivity contribution in [2.45, 2.75) is 58.3 Å². The number of aliphatic hydroxyl groups excluding tert-OH is 1. The van der Waals surface area contributed by atoms with Gasteiger partial charge < -0.3 is 9.84 Å². The second-order valence-electron chi connectivity index (χ2n) is 4.95. The third-order valence-corrected chi connectivity index (χ3v) is 3.65. The van der Waals surface area contributed by atoms with Gasteiger partial charge in [0.2, 0.25) is 0 Å². The summed E-state index contributed by atoms with van der Waals surface area (Å²) in [5.74, 6) is 0.139. The van der Waals surface area contributed by atoms with E-state index < -0.39 is 11.4 Å². The van der Waals surface area contributed by atoms with Crippen LogP contribution >= 0.6 is 11.6 Å². The molecule has 1 atom stereocenters. The van der Waals surface area contributed by atoms with Crippen molar-refractivity contribution in [2.24, 2.45) is 5.41 Å². The largest absolute Gasteiger partial charge is 0.465 e. The topological polar surface area (TPSA) is 70.3 Å². The van der Waals surface area contributed by atoms with Gasteiger partial charge in [-0.25, -0.2) is 0 Å². The molecule has 0 aromatic rings. The van der Waals surface area contributed by atoms with Gasteiger partial charge in [-0.2, -0.15) is 5.26 Å². The number of nitriles is 1. The normalized spacial score (nSPS) is 13.5. The summed E-state index contributed by atoms with van der Waals surface area (Å²) in [6.45, 7) is 2.24. The van der Waals surface area contributed by atoms with Crippen LogP contribution in [0.25, 0.3) is 0 Å². The molecule has 0 aliphatic rings. The molecular weight excluding hydrogens is 278 g/mol. The number of alkyl halides is 1. The Morgan fingerprint density at radius 1 is 1.20 bits per heavy atom. The molecule has 0 amide bonds. The second-order valence-corrected chi connectivity index (χ2v) is 5.33. The maximum Gasteiger partial charge on any atom is 0.326 e. The zero-order valence-corrected chi connectivity index (χ0v) is 13.1. The third kappa shape index (κ3) is 7.12. The first-order chi connectivity index (χ1) is 9.66. The lowest BCUT2D eigenvalue weighted by Gasteiger charge is -2.24. The molecule has 116 valence electrons. The summed E-state index contributed by atoms with van der Waals surface area (Å²) < 4.78 is 5.07. The average Bonchev–Trinajstić information content (AvgIpc) is 2.45. The Labute approximate surface area is 127 Å².